The monoisotopic (exact) mass is 227 g/mol. The van der Waals surface area contributed by atoms with Crippen LogP contribution in [0.1, 0.15) is 11.3 Å². The lowest BCUT2D eigenvalue weighted by atomic mass is 10.0. The standard InChI is InChI=1S/C14H17N3/c1-10-6-11(7-17-8-12(15)9-17)13-4-2-3-5-14(13)16-10/h2-6,12H,7-9,15H2,1H3. The van der Waals surface area contributed by atoms with Crippen molar-refractivity contribution in [1.29, 1.82) is 0 Å². The molecule has 1 aromatic heterocycles. The Hall–Kier alpha value is -1.45. The van der Waals surface area contributed by atoms with E-state index in [1.807, 2.05) is 6.07 Å². The van der Waals surface area contributed by atoms with Gasteiger partial charge < -0.3 is 5.73 Å². The topological polar surface area (TPSA) is 42.1 Å². The lowest BCUT2D eigenvalue weighted by Gasteiger charge is -2.37. The molecule has 0 aliphatic carbocycles. The molecule has 2 N–H and O–H groups in total. The van der Waals surface area contributed by atoms with Crippen molar-refractivity contribution in [2.45, 2.75) is 19.5 Å². The molecular weight excluding hydrogens is 210 g/mol. The summed E-state index contributed by atoms with van der Waals surface area (Å²) in [4.78, 5) is 6.94. The summed E-state index contributed by atoms with van der Waals surface area (Å²) in [5.41, 5.74) is 9.35. The van der Waals surface area contributed by atoms with Crippen molar-refractivity contribution < 1.29 is 0 Å². The Labute approximate surface area is 101 Å². The van der Waals surface area contributed by atoms with Crippen molar-refractivity contribution in [3.8, 4) is 0 Å². The van der Waals surface area contributed by atoms with E-state index >= 15 is 0 Å². The number of benzene rings is 1. The summed E-state index contributed by atoms with van der Waals surface area (Å²) >= 11 is 0. The highest BCUT2D eigenvalue weighted by Gasteiger charge is 2.23. The second-order valence-corrected chi connectivity index (χ2v) is 4.89. The minimum Gasteiger partial charge on any atom is -0.325 e. The highest BCUT2D eigenvalue weighted by atomic mass is 15.2. The number of nitrogens with zero attached hydrogens (tertiary/aromatic N) is 2. The van der Waals surface area contributed by atoms with Crippen molar-refractivity contribution in [3.63, 3.8) is 0 Å². The summed E-state index contributed by atoms with van der Waals surface area (Å²) in [6.07, 6.45) is 0. The van der Waals surface area contributed by atoms with E-state index in [9.17, 15) is 0 Å². The third kappa shape index (κ3) is 2.04. The number of aromatic nitrogens is 1. The molecule has 2 aromatic rings. The van der Waals surface area contributed by atoms with Crippen LogP contribution in [0.15, 0.2) is 30.3 Å². The van der Waals surface area contributed by atoms with E-state index < -0.39 is 0 Å². The molecule has 0 amide bonds. The average Bonchev–Trinajstić information content (AvgIpc) is 2.26. The predicted molar refractivity (Wildman–Crippen MR) is 69.7 cm³/mol. The van der Waals surface area contributed by atoms with Crippen LogP contribution in [0.4, 0.5) is 0 Å². The lowest BCUT2D eigenvalue weighted by molar-refractivity contribution is 0.143. The molecule has 1 saturated heterocycles. The van der Waals surface area contributed by atoms with Crippen LogP contribution < -0.4 is 5.73 Å². The van der Waals surface area contributed by atoms with Crippen LogP contribution in [0.25, 0.3) is 10.9 Å². The van der Waals surface area contributed by atoms with Gasteiger partial charge in [-0.1, -0.05) is 18.2 Å². The highest BCUT2D eigenvalue weighted by Crippen LogP contribution is 2.21. The number of pyridine rings is 1. The van der Waals surface area contributed by atoms with Gasteiger partial charge in [0.05, 0.1) is 5.52 Å². The lowest BCUT2D eigenvalue weighted by Crippen LogP contribution is -2.54. The van der Waals surface area contributed by atoms with Crippen molar-refractivity contribution in [1.82, 2.24) is 9.88 Å². The Morgan fingerprint density at radius 3 is 2.88 bits per heavy atom. The van der Waals surface area contributed by atoms with E-state index in [1.54, 1.807) is 0 Å². The molecule has 1 aliphatic rings. The first-order valence-corrected chi connectivity index (χ1v) is 6.05. The minimum absolute atomic E-state index is 0.365. The van der Waals surface area contributed by atoms with Crippen LogP contribution in [-0.2, 0) is 6.54 Å². The number of fused-ring (bicyclic) bond motifs is 1. The molecule has 88 valence electrons. The van der Waals surface area contributed by atoms with Crippen LogP contribution >= 0.6 is 0 Å². The molecule has 0 bridgehead atoms. The summed E-state index contributed by atoms with van der Waals surface area (Å²) in [7, 11) is 0. The first-order valence-electron chi connectivity index (χ1n) is 6.05. The maximum absolute atomic E-state index is 5.81. The number of aryl methyl sites for hydroxylation is 1. The molecule has 0 atom stereocenters. The fraction of sp³-hybridized carbons (Fsp3) is 0.357. The first kappa shape index (κ1) is 10.7. The third-order valence-electron chi connectivity index (χ3n) is 3.31. The number of hydrogen-bond donors (Lipinski definition) is 1. The molecule has 2 heterocycles. The zero-order valence-electron chi connectivity index (χ0n) is 10.1. The van der Waals surface area contributed by atoms with Gasteiger partial charge in [-0.2, -0.15) is 0 Å². The van der Waals surface area contributed by atoms with E-state index in [0.29, 0.717) is 6.04 Å². The molecule has 0 saturated carbocycles. The Kier molecular flexibility index (Phi) is 2.57. The van der Waals surface area contributed by atoms with E-state index in [1.165, 1.54) is 10.9 Å². The molecule has 0 unspecified atom stereocenters. The van der Waals surface area contributed by atoms with Gasteiger partial charge in [0.15, 0.2) is 0 Å². The van der Waals surface area contributed by atoms with E-state index in [4.69, 9.17) is 5.73 Å². The van der Waals surface area contributed by atoms with Crippen molar-refractivity contribution in [3.05, 3.63) is 41.6 Å². The molecule has 0 spiro atoms. The number of likely N-dealkylation sites (tertiary alicyclic amines) is 1. The van der Waals surface area contributed by atoms with Crippen molar-refractivity contribution in [2.24, 2.45) is 5.73 Å². The maximum atomic E-state index is 5.81. The summed E-state index contributed by atoms with van der Waals surface area (Å²) < 4.78 is 0. The number of hydrogen-bond acceptors (Lipinski definition) is 3. The normalized spacial score (nSPS) is 17.3. The Balaban J connectivity index is 1.97. The second-order valence-electron chi connectivity index (χ2n) is 4.89. The predicted octanol–water partition coefficient (Wildman–Crippen LogP) is 1.69. The van der Waals surface area contributed by atoms with Gasteiger partial charge in [-0.15, -0.1) is 0 Å². The van der Waals surface area contributed by atoms with Crippen LogP contribution in [0.3, 0.4) is 0 Å². The summed E-state index contributed by atoms with van der Waals surface area (Å²) in [6.45, 7) is 5.06. The van der Waals surface area contributed by atoms with Crippen LogP contribution in [0.5, 0.6) is 0 Å². The van der Waals surface area contributed by atoms with Gasteiger partial charge in [0.2, 0.25) is 0 Å². The quantitative estimate of drug-likeness (QED) is 0.849. The first-order chi connectivity index (χ1) is 8.22. The van der Waals surface area contributed by atoms with Crippen molar-refractivity contribution in [2.75, 3.05) is 13.1 Å². The van der Waals surface area contributed by atoms with Gasteiger partial charge in [0.1, 0.15) is 0 Å². The zero-order valence-corrected chi connectivity index (χ0v) is 10.1. The summed E-state index contributed by atoms with van der Waals surface area (Å²) in [5, 5.41) is 1.26. The molecule has 3 heteroatoms. The third-order valence-corrected chi connectivity index (χ3v) is 3.31. The van der Waals surface area contributed by atoms with Crippen LogP contribution in [0, 0.1) is 6.92 Å². The molecule has 1 aliphatic heterocycles. The Bertz CT molecular complexity index is 544. The van der Waals surface area contributed by atoms with E-state index in [2.05, 4.69) is 41.1 Å². The van der Waals surface area contributed by atoms with Gasteiger partial charge in [0.25, 0.3) is 0 Å². The Morgan fingerprint density at radius 1 is 1.35 bits per heavy atom. The fourth-order valence-corrected chi connectivity index (χ4v) is 2.51. The highest BCUT2D eigenvalue weighted by molar-refractivity contribution is 5.82. The molecular formula is C14H17N3. The number of nitrogens with two attached hydrogens (primary N) is 1. The van der Waals surface area contributed by atoms with Gasteiger partial charge in [-0.3, -0.25) is 9.88 Å². The Morgan fingerprint density at radius 2 is 2.12 bits per heavy atom. The SMILES string of the molecule is Cc1cc(CN2CC(N)C2)c2ccccc2n1. The van der Waals surface area contributed by atoms with Crippen LogP contribution in [-0.4, -0.2) is 29.0 Å². The number of para-hydroxylation sites is 1. The molecule has 1 aromatic carbocycles. The largest absolute Gasteiger partial charge is 0.325 e. The van der Waals surface area contributed by atoms with Gasteiger partial charge in [-0.05, 0) is 24.6 Å². The van der Waals surface area contributed by atoms with Crippen molar-refractivity contribution >= 4 is 10.9 Å². The molecule has 0 radical (unpaired) electrons. The average molecular weight is 227 g/mol. The fourth-order valence-electron chi connectivity index (χ4n) is 2.51. The van der Waals surface area contributed by atoms with E-state index in [0.717, 1.165) is 30.8 Å². The molecule has 3 nitrogen and oxygen atoms in total. The summed E-state index contributed by atoms with van der Waals surface area (Å²) in [6, 6.07) is 10.9. The minimum atomic E-state index is 0.365. The molecule has 17 heavy (non-hydrogen) atoms. The number of rotatable bonds is 2. The van der Waals surface area contributed by atoms with Gasteiger partial charge in [-0.25, -0.2) is 0 Å². The smallest absolute Gasteiger partial charge is 0.0708 e. The zero-order chi connectivity index (χ0) is 11.8. The second kappa shape index (κ2) is 4.09. The molecule has 1 fully saturated rings. The van der Waals surface area contributed by atoms with Gasteiger partial charge in [0, 0.05) is 36.8 Å². The van der Waals surface area contributed by atoms with E-state index in [-0.39, 0.29) is 0 Å². The van der Waals surface area contributed by atoms with Crippen LogP contribution in [0.2, 0.25) is 0 Å². The van der Waals surface area contributed by atoms with Gasteiger partial charge >= 0.3 is 0 Å². The molecule has 3 rings (SSSR count). The maximum Gasteiger partial charge on any atom is 0.0708 e. The summed E-state index contributed by atoms with van der Waals surface area (Å²) in [5.74, 6) is 0.